The Bertz CT molecular complexity index is 2690. The average molecular weight is 882 g/mol. The Morgan fingerprint density at radius 2 is 1.35 bits per heavy atom. The van der Waals surface area contributed by atoms with Gasteiger partial charge in [0.15, 0.2) is 6.29 Å². The van der Waals surface area contributed by atoms with Crippen molar-refractivity contribution in [1.82, 2.24) is 9.97 Å². The summed E-state index contributed by atoms with van der Waals surface area (Å²) in [7, 11) is -1.42. The van der Waals surface area contributed by atoms with E-state index in [0.717, 1.165) is 5.56 Å². The van der Waals surface area contributed by atoms with Gasteiger partial charge in [-0.2, -0.15) is 8.42 Å². The van der Waals surface area contributed by atoms with Crippen molar-refractivity contribution in [1.29, 1.82) is 0 Å². The van der Waals surface area contributed by atoms with Crippen LogP contribution in [0.4, 0.5) is 5.69 Å². The zero-order valence-electron chi connectivity index (χ0n) is 32.0. The number of phenols is 2. The van der Waals surface area contributed by atoms with Crippen molar-refractivity contribution in [2.24, 2.45) is 5.73 Å². The number of phenolic OH excluding ortho intramolecular Hbond substituents is 2. The van der Waals surface area contributed by atoms with Crippen LogP contribution in [0.15, 0.2) is 107 Å². The number of aryl methyl sites for hydroxylation is 1. The molecular formula is C41H38Cl2N4O12S. The number of methoxy groups -OCH3 is 2. The van der Waals surface area contributed by atoms with Gasteiger partial charge in [-0.25, -0.2) is 4.98 Å². The van der Waals surface area contributed by atoms with Crippen LogP contribution in [-0.2, 0) is 42.0 Å². The highest BCUT2D eigenvalue weighted by Crippen LogP contribution is 2.28. The molecule has 0 aliphatic carbocycles. The van der Waals surface area contributed by atoms with Crippen molar-refractivity contribution in [3.05, 3.63) is 145 Å². The number of carbonyl (C=O) groups is 4. The molecule has 6 aromatic rings. The number of amides is 1. The number of carbonyl (C=O) groups excluding carboxylic acids is 4. The van der Waals surface area contributed by atoms with Gasteiger partial charge < -0.3 is 36.1 Å². The third-order valence-corrected chi connectivity index (χ3v) is 9.29. The number of benzene rings is 5. The summed E-state index contributed by atoms with van der Waals surface area (Å²) in [6.07, 6.45) is 0.685. The molecule has 1 aromatic heterocycles. The summed E-state index contributed by atoms with van der Waals surface area (Å²) in [5, 5.41) is 20.5. The number of nitrogens with two attached hydrogens (primary N) is 2. The lowest BCUT2D eigenvalue weighted by atomic mass is 10.1. The maximum absolute atomic E-state index is 12.2. The number of H-pyrrole nitrogens is 1. The molecule has 0 fully saturated rings. The summed E-state index contributed by atoms with van der Waals surface area (Å²) in [5.41, 5.74) is 13.9. The first-order chi connectivity index (χ1) is 28.2. The van der Waals surface area contributed by atoms with E-state index in [2.05, 4.69) is 19.4 Å². The number of aromatic nitrogens is 2. The first-order valence-corrected chi connectivity index (χ1v) is 19.3. The summed E-state index contributed by atoms with van der Waals surface area (Å²) < 4.78 is 38.7. The number of nitrogens with one attached hydrogen (secondary N) is 1. The molecule has 0 aliphatic heterocycles. The Kier molecular flexibility index (Phi) is 17.3. The predicted molar refractivity (Wildman–Crippen MR) is 225 cm³/mol. The molecule has 16 nitrogen and oxygen atoms in total. The largest absolute Gasteiger partial charge is 0.507 e. The number of hydrogen-bond acceptors (Lipinski definition) is 13. The number of anilines is 1. The molecule has 5 aromatic carbocycles. The fraction of sp³-hybridized carbons (Fsp3) is 0.122. The second-order valence-corrected chi connectivity index (χ2v) is 14.6. The van der Waals surface area contributed by atoms with Gasteiger partial charge in [0, 0.05) is 15.7 Å². The van der Waals surface area contributed by atoms with Crippen molar-refractivity contribution in [3.8, 4) is 22.9 Å². The normalized spacial score (nSPS) is 10.4. The Hall–Kier alpha value is -6.79. The molecule has 0 unspecified atom stereocenters. The highest BCUT2D eigenvalue weighted by Gasteiger charge is 2.13. The summed E-state index contributed by atoms with van der Waals surface area (Å²) in [5.74, 6) is -1.29. The highest BCUT2D eigenvalue weighted by atomic mass is 35.5. The summed E-state index contributed by atoms with van der Waals surface area (Å²) in [4.78, 5) is 62.6. The van der Waals surface area contributed by atoms with Crippen LogP contribution in [-0.4, -0.2) is 71.5 Å². The Morgan fingerprint density at radius 3 is 1.88 bits per heavy atom. The third kappa shape index (κ3) is 14.2. The molecule has 6 rings (SSSR count). The smallest absolute Gasteiger partial charge is 0.309 e. The number of halogens is 2. The number of nitrogens with zero attached hydrogens (tertiary/aromatic N) is 1. The van der Waals surface area contributed by atoms with Gasteiger partial charge >= 0.3 is 11.9 Å². The van der Waals surface area contributed by atoms with Crippen molar-refractivity contribution in [3.63, 3.8) is 0 Å². The molecule has 1 amide bonds. The topological polar surface area (TPSA) is 279 Å². The van der Waals surface area contributed by atoms with Gasteiger partial charge in [0.1, 0.15) is 17.3 Å². The number of primary amides is 1. The SMILES string of the molecule is COC(=O)Cc1ccc(O)c(-c2nc3ccc(Cl)cc3c(=O)[nH]2)c1.COC(=O)Cc1ccc(O)c(C=O)c1.Cc1ccc(S(=O)(=O)O)cc1.NC(=O)c1cc(Cl)ccc1N. The molecule has 0 atom stereocenters. The molecule has 314 valence electrons. The van der Waals surface area contributed by atoms with Crippen molar-refractivity contribution in [2.75, 3.05) is 20.0 Å². The Morgan fingerprint density at radius 1 is 0.800 bits per heavy atom. The second kappa shape index (κ2) is 21.8. The molecule has 8 N–H and O–H groups in total. The number of rotatable bonds is 8. The molecule has 0 saturated carbocycles. The number of ether oxygens (including phenoxy) is 2. The van der Waals surface area contributed by atoms with Crippen LogP contribution in [0, 0.1) is 6.92 Å². The van der Waals surface area contributed by atoms with E-state index < -0.39 is 22.0 Å². The number of aldehydes is 1. The molecule has 0 aliphatic rings. The van der Waals surface area contributed by atoms with Gasteiger partial charge in [0.05, 0.1) is 59.6 Å². The molecule has 60 heavy (non-hydrogen) atoms. The van der Waals surface area contributed by atoms with Gasteiger partial charge in [0.25, 0.3) is 21.6 Å². The maximum atomic E-state index is 12.2. The predicted octanol–water partition coefficient (Wildman–Crippen LogP) is 5.85. The van der Waals surface area contributed by atoms with Gasteiger partial charge in [-0.3, -0.25) is 28.5 Å². The van der Waals surface area contributed by atoms with Crippen molar-refractivity contribution in [2.45, 2.75) is 24.7 Å². The summed E-state index contributed by atoms with van der Waals surface area (Å²) >= 11 is 11.5. The van der Waals surface area contributed by atoms with Crippen LogP contribution in [0.2, 0.25) is 10.0 Å². The molecule has 1 heterocycles. The number of aromatic hydroxyl groups is 2. The van der Waals surface area contributed by atoms with Gasteiger partial charge in [-0.05, 0) is 90.8 Å². The van der Waals surface area contributed by atoms with Crippen LogP contribution in [0.5, 0.6) is 11.5 Å². The Balaban J connectivity index is 0.000000229. The van der Waals surface area contributed by atoms with E-state index in [0.29, 0.717) is 49.6 Å². The molecule has 0 radical (unpaired) electrons. The van der Waals surface area contributed by atoms with E-state index in [4.69, 9.17) is 39.2 Å². The monoisotopic (exact) mass is 880 g/mol. The minimum absolute atomic E-state index is 0.0528. The number of esters is 2. The maximum Gasteiger partial charge on any atom is 0.309 e. The molecular weight excluding hydrogens is 843 g/mol. The zero-order valence-corrected chi connectivity index (χ0v) is 34.3. The lowest BCUT2D eigenvalue weighted by Crippen LogP contribution is -2.13. The number of nitrogen functional groups attached to an aromatic ring is 1. The minimum Gasteiger partial charge on any atom is -0.507 e. The van der Waals surface area contributed by atoms with E-state index in [1.807, 2.05) is 6.92 Å². The number of aromatic amines is 1. The quantitative estimate of drug-likeness (QED) is 0.0453. The minimum atomic E-state index is -4.02. The third-order valence-electron chi connectivity index (χ3n) is 7.95. The van der Waals surface area contributed by atoms with Crippen LogP contribution in [0.1, 0.15) is 37.4 Å². The van der Waals surface area contributed by atoms with Crippen LogP contribution in [0.3, 0.4) is 0 Å². The fourth-order valence-electron chi connectivity index (χ4n) is 4.86. The molecule has 19 heteroatoms. The van der Waals surface area contributed by atoms with Crippen LogP contribution in [0.25, 0.3) is 22.3 Å². The van der Waals surface area contributed by atoms with E-state index in [1.165, 1.54) is 56.7 Å². The highest BCUT2D eigenvalue weighted by molar-refractivity contribution is 7.85. The van der Waals surface area contributed by atoms with Gasteiger partial charge in [-0.15, -0.1) is 0 Å². The standard InChI is InChI=1S/C17H13ClN2O4.C10H10O4.C7H7ClN2O.C7H8O3S/c1-24-15(22)7-9-2-5-14(21)12(6-9)16-19-13-4-3-10(18)8-11(13)17(23)20-16;1-14-10(13)5-7-2-3-9(12)8(4-7)6-11;8-4-1-2-6(9)5(3-4)7(10)11;1-6-2-4-7(5-3-6)11(8,9)10/h2-6,8,21H,7H2,1H3,(H,19,20,23);2-4,6,12H,5H2,1H3;1-3H,9H2,(H2,10,11);2-5H,1H3,(H,8,9,10). The molecule has 0 saturated heterocycles. The lowest BCUT2D eigenvalue weighted by Gasteiger charge is -2.08. The lowest BCUT2D eigenvalue weighted by molar-refractivity contribution is -0.140. The second-order valence-electron chi connectivity index (χ2n) is 12.3. The van der Waals surface area contributed by atoms with E-state index in [-0.39, 0.29) is 57.7 Å². The van der Waals surface area contributed by atoms with E-state index in [9.17, 15) is 42.6 Å². The molecule has 0 spiro atoms. The average Bonchev–Trinajstić information content (AvgIpc) is 3.20. The van der Waals surface area contributed by atoms with Gasteiger partial charge in [-0.1, -0.05) is 53.0 Å². The Labute approximate surface area is 353 Å². The van der Waals surface area contributed by atoms with Crippen LogP contribution >= 0.6 is 23.2 Å². The first kappa shape index (κ1) is 47.6. The van der Waals surface area contributed by atoms with Crippen LogP contribution < -0.4 is 17.0 Å². The first-order valence-electron chi connectivity index (χ1n) is 17.1. The van der Waals surface area contributed by atoms with Crippen molar-refractivity contribution >= 4 is 74.0 Å². The van der Waals surface area contributed by atoms with E-state index >= 15 is 0 Å². The number of fused-ring (bicyclic) bond motifs is 1. The number of hydrogen-bond donors (Lipinski definition) is 6. The van der Waals surface area contributed by atoms with E-state index in [1.54, 1.807) is 54.6 Å². The van der Waals surface area contributed by atoms with Gasteiger partial charge in [0.2, 0.25) is 0 Å². The molecule has 0 bridgehead atoms. The zero-order chi connectivity index (χ0) is 44.7. The fourth-order valence-corrected chi connectivity index (χ4v) is 5.68. The van der Waals surface area contributed by atoms with Crippen molar-refractivity contribution < 1.29 is 51.8 Å². The summed E-state index contributed by atoms with van der Waals surface area (Å²) in [6, 6.07) is 24.4. The summed E-state index contributed by atoms with van der Waals surface area (Å²) in [6.45, 7) is 1.84.